The second-order valence-corrected chi connectivity index (χ2v) is 7.96. The van der Waals surface area contributed by atoms with Crippen LogP contribution in [0.3, 0.4) is 0 Å². The number of H-pyrrole nitrogens is 2. The van der Waals surface area contributed by atoms with E-state index in [4.69, 9.17) is 4.98 Å². The van der Waals surface area contributed by atoms with E-state index in [1.165, 1.54) is 0 Å². The number of hydrogen-bond donors (Lipinski definition) is 2. The van der Waals surface area contributed by atoms with Gasteiger partial charge in [0.2, 0.25) is 0 Å². The molecule has 34 heavy (non-hydrogen) atoms. The van der Waals surface area contributed by atoms with Gasteiger partial charge in [-0.05, 0) is 24.3 Å². The van der Waals surface area contributed by atoms with Gasteiger partial charge in [0.1, 0.15) is 22.6 Å². The van der Waals surface area contributed by atoms with Crippen molar-refractivity contribution in [1.82, 2.24) is 40.1 Å². The van der Waals surface area contributed by atoms with Gasteiger partial charge in [-0.2, -0.15) is 5.10 Å². The van der Waals surface area contributed by atoms with Crippen molar-refractivity contribution in [3.63, 3.8) is 0 Å². The number of imidazole rings is 1. The van der Waals surface area contributed by atoms with E-state index in [0.29, 0.717) is 44.9 Å². The zero-order valence-corrected chi connectivity index (χ0v) is 18.3. The van der Waals surface area contributed by atoms with E-state index in [1.54, 1.807) is 31.0 Å². The lowest BCUT2D eigenvalue weighted by Crippen LogP contribution is -2.09. The number of hydrogen-bond acceptors (Lipinski definition) is 7. The smallest absolute Gasteiger partial charge is 0.161 e. The number of fused-ring (bicyclic) bond motifs is 2. The number of aromatic amines is 2. The van der Waals surface area contributed by atoms with E-state index in [-0.39, 0.29) is 5.69 Å². The molecule has 0 bridgehead atoms. The first-order valence-corrected chi connectivity index (χ1v) is 10.5. The summed E-state index contributed by atoms with van der Waals surface area (Å²) < 4.78 is 15.8. The predicted octanol–water partition coefficient (Wildman–Crippen LogP) is 4.23. The summed E-state index contributed by atoms with van der Waals surface area (Å²) in [5.74, 6) is -0.0786. The molecule has 0 aliphatic carbocycles. The summed E-state index contributed by atoms with van der Waals surface area (Å²) in [6.07, 6.45) is 8.26. The Morgan fingerprint density at radius 2 is 1.79 bits per heavy atom. The SMILES string of the molecule is CN(C)c1cncc(-c2ncc3[nH]nc(-c4nc5c(-c6ccccn6)nccc5[nH]4)c3c2F)c1. The molecule has 6 rings (SSSR count). The molecular weight excluding hydrogens is 433 g/mol. The van der Waals surface area contributed by atoms with Crippen molar-refractivity contribution in [2.75, 3.05) is 19.0 Å². The largest absolute Gasteiger partial charge is 0.376 e. The minimum Gasteiger partial charge on any atom is -0.376 e. The number of anilines is 1. The van der Waals surface area contributed by atoms with E-state index in [9.17, 15) is 0 Å². The molecule has 6 aromatic heterocycles. The number of pyridine rings is 4. The number of nitrogens with zero attached hydrogens (tertiary/aromatic N) is 7. The van der Waals surface area contributed by atoms with E-state index >= 15 is 4.39 Å². The van der Waals surface area contributed by atoms with Crippen molar-refractivity contribution in [2.45, 2.75) is 0 Å². The average molecular weight is 451 g/mol. The maximum Gasteiger partial charge on any atom is 0.161 e. The summed E-state index contributed by atoms with van der Waals surface area (Å²) >= 11 is 0. The first-order valence-electron chi connectivity index (χ1n) is 10.5. The number of nitrogens with one attached hydrogen (secondary N) is 2. The Kier molecular flexibility index (Phi) is 4.51. The molecule has 0 saturated heterocycles. The molecule has 0 aromatic carbocycles. The Hall–Kier alpha value is -4.73. The molecule has 166 valence electrons. The zero-order chi connectivity index (χ0) is 23.2. The number of rotatable bonds is 4. The molecule has 9 nitrogen and oxygen atoms in total. The maximum atomic E-state index is 15.8. The lowest BCUT2D eigenvalue weighted by molar-refractivity contribution is 0.638. The maximum absolute atomic E-state index is 15.8. The summed E-state index contributed by atoms with van der Waals surface area (Å²) in [6.45, 7) is 0. The Bertz CT molecular complexity index is 1650. The van der Waals surface area contributed by atoms with Gasteiger partial charge >= 0.3 is 0 Å². The fraction of sp³-hybridized carbons (Fsp3) is 0.0833. The van der Waals surface area contributed by atoms with Gasteiger partial charge in [-0.3, -0.25) is 25.0 Å². The lowest BCUT2D eigenvalue weighted by atomic mass is 10.1. The highest BCUT2D eigenvalue weighted by Gasteiger charge is 2.21. The molecule has 2 N–H and O–H groups in total. The first kappa shape index (κ1) is 19.9. The Morgan fingerprint density at radius 3 is 2.62 bits per heavy atom. The molecule has 0 atom stereocenters. The van der Waals surface area contributed by atoms with E-state index in [1.807, 2.05) is 49.3 Å². The minimum absolute atomic E-state index is 0.193. The van der Waals surface area contributed by atoms with Crippen LogP contribution in [0, 0.1) is 5.82 Å². The summed E-state index contributed by atoms with van der Waals surface area (Å²) in [6, 6.07) is 9.26. The summed E-state index contributed by atoms with van der Waals surface area (Å²) in [7, 11) is 3.80. The Balaban J connectivity index is 1.52. The van der Waals surface area contributed by atoms with Crippen molar-refractivity contribution in [2.24, 2.45) is 0 Å². The van der Waals surface area contributed by atoms with Crippen molar-refractivity contribution in [3.05, 3.63) is 67.1 Å². The van der Waals surface area contributed by atoms with Crippen LogP contribution in [0.2, 0.25) is 0 Å². The van der Waals surface area contributed by atoms with Crippen LogP contribution in [0.15, 0.2) is 61.3 Å². The highest BCUT2D eigenvalue weighted by Crippen LogP contribution is 2.34. The first-order chi connectivity index (χ1) is 16.6. The van der Waals surface area contributed by atoms with Crippen LogP contribution < -0.4 is 4.90 Å². The monoisotopic (exact) mass is 451 g/mol. The van der Waals surface area contributed by atoms with Crippen LogP contribution in [-0.4, -0.2) is 54.2 Å². The van der Waals surface area contributed by atoms with Crippen LogP contribution in [0.25, 0.3) is 56.1 Å². The quantitative estimate of drug-likeness (QED) is 0.413. The Morgan fingerprint density at radius 1 is 0.882 bits per heavy atom. The van der Waals surface area contributed by atoms with Crippen LogP contribution in [0.5, 0.6) is 0 Å². The lowest BCUT2D eigenvalue weighted by Gasteiger charge is -2.13. The standard InChI is InChI=1S/C24H18FN9/c1-34(2)14-9-13(10-26-11-14)20-19(25)18-17(12-29-20)32-33-23(18)24-30-16-6-8-28-21(22(16)31-24)15-5-3-4-7-27-15/h3-12H,1-2H3,(H,30,31)(H,32,33). The van der Waals surface area contributed by atoms with Gasteiger partial charge in [-0.15, -0.1) is 0 Å². The third-order valence-electron chi connectivity index (χ3n) is 5.59. The fourth-order valence-electron chi connectivity index (χ4n) is 3.89. The van der Waals surface area contributed by atoms with Gasteiger partial charge in [0.05, 0.1) is 40.2 Å². The Labute approximate surface area is 192 Å². The number of aromatic nitrogens is 8. The minimum atomic E-state index is -0.498. The van der Waals surface area contributed by atoms with Crippen molar-refractivity contribution in [1.29, 1.82) is 0 Å². The number of halogens is 1. The van der Waals surface area contributed by atoms with E-state index in [0.717, 1.165) is 11.2 Å². The molecule has 10 heteroatoms. The molecule has 0 aliphatic heterocycles. The normalized spacial score (nSPS) is 11.4. The molecule has 0 radical (unpaired) electrons. The highest BCUT2D eigenvalue weighted by atomic mass is 19.1. The molecule has 0 saturated carbocycles. The van der Waals surface area contributed by atoms with Gasteiger partial charge in [0.15, 0.2) is 11.6 Å². The van der Waals surface area contributed by atoms with Crippen LogP contribution in [-0.2, 0) is 0 Å². The third-order valence-corrected chi connectivity index (χ3v) is 5.59. The molecule has 0 fully saturated rings. The van der Waals surface area contributed by atoms with Crippen molar-refractivity contribution in [3.8, 4) is 34.2 Å². The van der Waals surface area contributed by atoms with Crippen LogP contribution in [0.1, 0.15) is 0 Å². The summed E-state index contributed by atoms with van der Waals surface area (Å²) in [4.78, 5) is 27.3. The molecule has 0 aliphatic rings. The molecule has 6 heterocycles. The van der Waals surface area contributed by atoms with Gasteiger partial charge in [0, 0.05) is 38.2 Å². The van der Waals surface area contributed by atoms with Crippen molar-refractivity contribution >= 4 is 27.6 Å². The fourth-order valence-corrected chi connectivity index (χ4v) is 3.89. The molecule has 0 spiro atoms. The van der Waals surface area contributed by atoms with Crippen molar-refractivity contribution < 1.29 is 4.39 Å². The molecular formula is C24H18FN9. The third kappa shape index (κ3) is 3.15. The van der Waals surface area contributed by atoms with Gasteiger partial charge in [-0.25, -0.2) is 9.37 Å². The summed E-state index contributed by atoms with van der Waals surface area (Å²) in [5.41, 5.74) is 5.15. The predicted molar refractivity (Wildman–Crippen MR) is 128 cm³/mol. The van der Waals surface area contributed by atoms with E-state index < -0.39 is 5.82 Å². The second kappa shape index (κ2) is 7.69. The molecule has 0 unspecified atom stereocenters. The van der Waals surface area contributed by atoms with Crippen LogP contribution in [0.4, 0.5) is 10.1 Å². The second-order valence-electron chi connectivity index (χ2n) is 7.96. The van der Waals surface area contributed by atoms with Gasteiger partial charge in [0.25, 0.3) is 0 Å². The average Bonchev–Trinajstić information content (AvgIpc) is 3.49. The van der Waals surface area contributed by atoms with Gasteiger partial charge < -0.3 is 9.88 Å². The molecule has 0 amide bonds. The zero-order valence-electron chi connectivity index (χ0n) is 18.3. The molecule has 6 aromatic rings. The topological polar surface area (TPSA) is 112 Å². The highest BCUT2D eigenvalue weighted by molar-refractivity contribution is 5.97. The van der Waals surface area contributed by atoms with Gasteiger partial charge in [-0.1, -0.05) is 6.07 Å². The summed E-state index contributed by atoms with van der Waals surface area (Å²) in [5, 5.41) is 7.51. The van der Waals surface area contributed by atoms with E-state index in [2.05, 4.69) is 35.1 Å². The van der Waals surface area contributed by atoms with Crippen LogP contribution >= 0.6 is 0 Å².